The number of hydrogen-bond acceptors (Lipinski definition) is 4. The molecule has 0 saturated carbocycles. The number of carbonyl (C=O) groups excluding carboxylic acids is 1. The Morgan fingerprint density at radius 1 is 1.21 bits per heavy atom. The van der Waals surface area contributed by atoms with Crippen molar-refractivity contribution in [3.63, 3.8) is 0 Å². The summed E-state index contributed by atoms with van der Waals surface area (Å²) >= 11 is 0. The summed E-state index contributed by atoms with van der Waals surface area (Å²) in [7, 11) is 0. The minimum atomic E-state index is -0.267. The van der Waals surface area contributed by atoms with E-state index in [1.807, 2.05) is 49.7 Å². The molecular weight excluding hydrogens is 354 g/mol. The van der Waals surface area contributed by atoms with Gasteiger partial charge >= 0.3 is 0 Å². The Labute approximate surface area is 163 Å². The van der Waals surface area contributed by atoms with Gasteiger partial charge in [-0.25, -0.2) is 9.67 Å². The van der Waals surface area contributed by atoms with Crippen LogP contribution in [0, 0.1) is 27.7 Å². The summed E-state index contributed by atoms with van der Waals surface area (Å²) in [5, 5.41) is 7.46. The molecule has 1 unspecified atom stereocenters. The standard InChI is InChI=1S/C21H25N5O2/c1-12-8-6-7-9-19(12)26-15(4)18(11-22-26)14(3)24-20(27)10-17-13(2)23-16(5)25-21(17)28/h6-9,11,14H,10H2,1-5H3,(H,24,27)(H,23,25,28). The number of benzene rings is 1. The van der Waals surface area contributed by atoms with Crippen LogP contribution < -0.4 is 10.9 Å². The summed E-state index contributed by atoms with van der Waals surface area (Å²) in [5.41, 5.74) is 4.74. The second-order valence-corrected chi connectivity index (χ2v) is 7.06. The zero-order chi connectivity index (χ0) is 20.4. The maximum atomic E-state index is 12.5. The average Bonchev–Trinajstić information content (AvgIpc) is 3.00. The number of para-hydroxylation sites is 1. The Hall–Kier alpha value is -3.22. The van der Waals surface area contributed by atoms with Crippen molar-refractivity contribution in [2.24, 2.45) is 0 Å². The molecule has 3 aromatic rings. The van der Waals surface area contributed by atoms with Crippen LogP contribution in [0.3, 0.4) is 0 Å². The fraction of sp³-hybridized carbons (Fsp3) is 0.333. The van der Waals surface area contributed by atoms with Crippen molar-refractivity contribution in [3.05, 3.63) is 74.7 Å². The quantitative estimate of drug-likeness (QED) is 0.713. The number of amides is 1. The number of carbonyl (C=O) groups is 1. The molecule has 2 heterocycles. The maximum Gasteiger partial charge on any atom is 0.254 e. The number of H-pyrrole nitrogens is 1. The molecule has 1 aromatic carbocycles. The SMILES string of the molecule is Cc1nc(C)c(CC(=O)NC(C)c2cnn(-c3ccccc3C)c2C)c(=O)[nH]1. The molecule has 1 amide bonds. The normalized spacial score (nSPS) is 12.0. The molecule has 2 aromatic heterocycles. The molecule has 1 atom stereocenters. The first kappa shape index (κ1) is 19.5. The van der Waals surface area contributed by atoms with Crippen molar-refractivity contribution in [1.82, 2.24) is 25.1 Å². The molecule has 0 aliphatic rings. The highest BCUT2D eigenvalue weighted by Crippen LogP contribution is 2.22. The molecule has 0 bridgehead atoms. The van der Waals surface area contributed by atoms with Gasteiger partial charge in [0.1, 0.15) is 5.82 Å². The van der Waals surface area contributed by atoms with Crippen LogP contribution in [-0.4, -0.2) is 25.7 Å². The maximum absolute atomic E-state index is 12.5. The molecule has 0 fully saturated rings. The summed E-state index contributed by atoms with van der Waals surface area (Å²) in [6, 6.07) is 7.79. The largest absolute Gasteiger partial charge is 0.349 e. The van der Waals surface area contributed by atoms with Crippen LogP contribution in [0.25, 0.3) is 5.69 Å². The van der Waals surface area contributed by atoms with Gasteiger partial charge in [-0.2, -0.15) is 5.10 Å². The summed E-state index contributed by atoms with van der Waals surface area (Å²) in [4.78, 5) is 31.5. The molecule has 0 radical (unpaired) electrons. The zero-order valence-electron chi connectivity index (χ0n) is 16.8. The van der Waals surface area contributed by atoms with Gasteiger partial charge in [0.2, 0.25) is 5.91 Å². The third kappa shape index (κ3) is 3.88. The molecule has 2 N–H and O–H groups in total. The molecule has 0 spiro atoms. The summed E-state index contributed by atoms with van der Waals surface area (Å²) in [5.74, 6) is 0.314. The van der Waals surface area contributed by atoms with Crippen molar-refractivity contribution < 1.29 is 4.79 Å². The lowest BCUT2D eigenvalue weighted by Crippen LogP contribution is -2.31. The monoisotopic (exact) mass is 379 g/mol. The lowest BCUT2D eigenvalue weighted by Gasteiger charge is -2.15. The van der Waals surface area contributed by atoms with E-state index in [9.17, 15) is 9.59 Å². The van der Waals surface area contributed by atoms with Gasteiger partial charge in [-0.3, -0.25) is 9.59 Å². The Bertz CT molecular complexity index is 1080. The van der Waals surface area contributed by atoms with E-state index >= 15 is 0 Å². The fourth-order valence-corrected chi connectivity index (χ4v) is 3.38. The average molecular weight is 379 g/mol. The van der Waals surface area contributed by atoms with Gasteiger partial charge < -0.3 is 10.3 Å². The zero-order valence-corrected chi connectivity index (χ0v) is 16.8. The van der Waals surface area contributed by atoms with Crippen LogP contribution in [0.5, 0.6) is 0 Å². The molecule has 146 valence electrons. The van der Waals surface area contributed by atoms with E-state index in [1.54, 1.807) is 20.0 Å². The van der Waals surface area contributed by atoms with E-state index in [1.165, 1.54) is 0 Å². The number of rotatable bonds is 5. The number of aryl methyl sites for hydroxylation is 3. The van der Waals surface area contributed by atoms with E-state index in [4.69, 9.17) is 0 Å². The molecule has 0 saturated heterocycles. The second-order valence-electron chi connectivity index (χ2n) is 7.06. The molecule has 28 heavy (non-hydrogen) atoms. The van der Waals surface area contributed by atoms with E-state index in [-0.39, 0.29) is 23.9 Å². The number of nitrogens with zero attached hydrogens (tertiary/aromatic N) is 3. The van der Waals surface area contributed by atoms with Gasteiger partial charge in [0.25, 0.3) is 5.56 Å². The van der Waals surface area contributed by atoms with Gasteiger partial charge in [0.05, 0.1) is 24.3 Å². The minimum Gasteiger partial charge on any atom is -0.349 e. The molecule has 0 aliphatic heterocycles. The Morgan fingerprint density at radius 3 is 2.61 bits per heavy atom. The summed E-state index contributed by atoms with van der Waals surface area (Å²) in [6.45, 7) is 9.39. The van der Waals surface area contributed by atoms with Gasteiger partial charge in [-0.15, -0.1) is 0 Å². The van der Waals surface area contributed by atoms with Gasteiger partial charge in [-0.05, 0) is 46.2 Å². The second kappa shape index (κ2) is 7.80. The lowest BCUT2D eigenvalue weighted by atomic mass is 10.1. The summed E-state index contributed by atoms with van der Waals surface area (Å²) in [6.07, 6.45) is 1.77. The minimum absolute atomic E-state index is 0.0102. The first-order valence-electron chi connectivity index (χ1n) is 9.24. The Balaban J connectivity index is 1.77. The Kier molecular flexibility index (Phi) is 5.44. The van der Waals surface area contributed by atoms with Crippen molar-refractivity contribution >= 4 is 5.91 Å². The molecule has 3 rings (SSSR count). The molecule has 7 heteroatoms. The van der Waals surface area contributed by atoms with E-state index < -0.39 is 0 Å². The number of nitrogens with one attached hydrogen (secondary N) is 2. The van der Waals surface area contributed by atoms with Crippen molar-refractivity contribution in [2.45, 2.75) is 47.1 Å². The fourth-order valence-electron chi connectivity index (χ4n) is 3.38. The van der Waals surface area contributed by atoms with E-state index in [0.29, 0.717) is 17.1 Å². The van der Waals surface area contributed by atoms with Gasteiger partial charge in [-0.1, -0.05) is 18.2 Å². The molecule has 7 nitrogen and oxygen atoms in total. The van der Waals surface area contributed by atoms with Crippen LogP contribution >= 0.6 is 0 Å². The van der Waals surface area contributed by atoms with Crippen LogP contribution in [0.4, 0.5) is 0 Å². The smallest absolute Gasteiger partial charge is 0.254 e. The third-order valence-corrected chi connectivity index (χ3v) is 4.91. The highest BCUT2D eigenvalue weighted by atomic mass is 16.2. The van der Waals surface area contributed by atoms with Crippen LogP contribution in [-0.2, 0) is 11.2 Å². The molecule has 0 aliphatic carbocycles. The highest BCUT2D eigenvalue weighted by Gasteiger charge is 2.18. The lowest BCUT2D eigenvalue weighted by molar-refractivity contribution is -0.121. The number of aromatic nitrogens is 4. The number of aromatic amines is 1. The van der Waals surface area contributed by atoms with Crippen molar-refractivity contribution in [3.8, 4) is 5.69 Å². The number of hydrogen-bond donors (Lipinski definition) is 2. The first-order valence-corrected chi connectivity index (χ1v) is 9.24. The van der Waals surface area contributed by atoms with E-state index in [0.717, 1.165) is 22.5 Å². The molecular formula is C21H25N5O2. The van der Waals surface area contributed by atoms with Crippen molar-refractivity contribution in [1.29, 1.82) is 0 Å². The predicted molar refractivity (Wildman–Crippen MR) is 108 cm³/mol. The highest BCUT2D eigenvalue weighted by molar-refractivity contribution is 5.79. The Morgan fingerprint density at radius 2 is 1.93 bits per heavy atom. The topological polar surface area (TPSA) is 92.7 Å². The van der Waals surface area contributed by atoms with Crippen LogP contribution in [0.1, 0.15) is 46.9 Å². The van der Waals surface area contributed by atoms with Crippen LogP contribution in [0.15, 0.2) is 35.3 Å². The predicted octanol–water partition coefficient (Wildman–Crippen LogP) is 2.61. The van der Waals surface area contributed by atoms with Crippen LogP contribution in [0.2, 0.25) is 0 Å². The van der Waals surface area contributed by atoms with E-state index in [2.05, 4.69) is 20.4 Å². The summed E-state index contributed by atoms with van der Waals surface area (Å²) < 4.78 is 1.88. The van der Waals surface area contributed by atoms with Gasteiger partial charge in [0, 0.05) is 22.5 Å². The third-order valence-electron chi connectivity index (χ3n) is 4.91. The first-order chi connectivity index (χ1) is 13.3. The van der Waals surface area contributed by atoms with Gasteiger partial charge in [0.15, 0.2) is 0 Å². The van der Waals surface area contributed by atoms with Crippen molar-refractivity contribution in [2.75, 3.05) is 0 Å².